The lowest BCUT2D eigenvalue weighted by Crippen LogP contribution is -2.29. The van der Waals surface area contributed by atoms with Gasteiger partial charge in [0, 0.05) is 13.1 Å². The zero-order chi connectivity index (χ0) is 18.8. The van der Waals surface area contributed by atoms with Crippen molar-refractivity contribution in [2.45, 2.75) is 25.9 Å². The molecule has 1 amide bonds. The molecule has 2 aliphatic rings. The monoisotopic (exact) mass is 367 g/mol. The van der Waals surface area contributed by atoms with E-state index in [1.165, 1.54) is 4.90 Å². The molecule has 1 heterocycles. The zero-order valence-corrected chi connectivity index (χ0v) is 15.5. The van der Waals surface area contributed by atoms with E-state index in [4.69, 9.17) is 14.6 Å². The summed E-state index contributed by atoms with van der Waals surface area (Å²) in [6.07, 6.45) is 1.24. The van der Waals surface area contributed by atoms with Crippen LogP contribution in [0.1, 0.15) is 19.8 Å². The number of ether oxygens (including phenoxy) is 2. The molecule has 2 aromatic carbocycles. The van der Waals surface area contributed by atoms with E-state index >= 15 is 0 Å². The fourth-order valence-electron chi connectivity index (χ4n) is 4.35. The van der Waals surface area contributed by atoms with Crippen molar-refractivity contribution < 1.29 is 19.4 Å². The Kier molecular flexibility index (Phi) is 4.92. The first kappa shape index (κ1) is 17.7. The molecule has 1 saturated carbocycles. The van der Waals surface area contributed by atoms with Crippen molar-refractivity contribution in [3.05, 3.63) is 48.5 Å². The summed E-state index contributed by atoms with van der Waals surface area (Å²) in [5.41, 5.74) is 2.25. The molecule has 142 valence electrons. The smallest absolute Gasteiger partial charge is 0.407 e. The van der Waals surface area contributed by atoms with Gasteiger partial charge in [-0.25, -0.2) is 4.79 Å². The van der Waals surface area contributed by atoms with E-state index in [-0.39, 0.29) is 6.10 Å². The number of carbonyl (C=O) groups is 1. The second-order valence-electron chi connectivity index (χ2n) is 7.40. The third kappa shape index (κ3) is 3.87. The molecule has 4 rings (SSSR count). The van der Waals surface area contributed by atoms with Crippen molar-refractivity contribution in [2.75, 3.05) is 19.7 Å². The maximum absolute atomic E-state index is 11.1. The molecule has 0 spiro atoms. The lowest BCUT2D eigenvalue weighted by molar-refractivity contribution is 0.144. The van der Waals surface area contributed by atoms with Crippen molar-refractivity contribution in [1.29, 1.82) is 0 Å². The molecule has 0 unspecified atom stereocenters. The number of likely N-dealkylation sites (tertiary alicyclic amines) is 1. The fourth-order valence-corrected chi connectivity index (χ4v) is 4.35. The summed E-state index contributed by atoms with van der Waals surface area (Å²) >= 11 is 0. The topological polar surface area (TPSA) is 59.0 Å². The van der Waals surface area contributed by atoms with E-state index in [9.17, 15) is 4.79 Å². The van der Waals surface area contributed by atoms with Gasteiger partial charge in [-0.15, -0.1) is 0 Å². The highest BCUT2D eigenvalue weighted by molar-refractivity contribution is 5.66. The first-order valence-electron chi connectivity index (χ1n) is 9.60. The Hall–Kier alpha value is -2.69. The van der Waals surface area contributed by atoms with E-state index < -0.39 is 6.09 Å². The summed E-state index contributed by atoms with van der Waals surface area (Å²) in [4.78, 5) is 12.7. The molecule has 5 heteroatoms. The predicted molar refractivity (Wildman–Crippen MR) is 103 cm³/mol. The summed E-state index contributed by atoms with van der Waals surface area (Å²) in [7, 11) is 0. The molecule has 3 atom stereocenters. The Morgan fingerprint density at radius 2 is 1.74 bits per heavy atom. The molecule has 1 aliphatic heterocycles. The largest absolute Gasteiger partial charge is 0.494 e. The summed E-state index contributed by atoms with van der Waals surface area (Å²) in [5.74, 6) is 2.61. The summed E-state index contributed by atoms with van der Waals surface area (Å²) < 4.78 is 11.7. The van der Waals surface area contributed by atoms with Crippen LogP contribution >= 0.6 is 0 Å². The second kappa shape index (κ2) is 7.51. The molecular weight excluding hydrogens is 342 g/mol. The van der Waals surface area contributed by atoms with E-state index in [0.717, 1.165) is 35.5 Å². The minimum absolute atomic E-state index is 0.173. The van der Waals surface area contributed by atoms with Crippen LogP contribution in [0.5, 0.6) is 11.5 Å². The Labute approximate surface area is 159 Å². The van der Waals surface area contributed by atoms with Crippen molar-refractivity contribution >= 4 is 6.09 Å². The van der Waals surface area contributed by atoms with Gasteiger partial charge in [0.15, 0.2) is 0 Å². The highest BCUT2D eigenvalue weighted by atomic mass is 16.5. The lowest BCUT2D eigenvalue weighted by atomic mass is 10.0. The zero-order valence-electron chi connectivity index (χ0n) is 15.5. The first-order valence-corrected chi connectivity index (χ1v) is 9.60. The molecule has 27 heavy (non-hydrogen) atoms. The van der Waals surface area contributed by atoms with Crippen LogP contribution in [-0.2, 0) is 0 Å². The summed E-state index contributed by atoms with van der Waals surface area (Å²) in [6, 6.07) is 16.3. The molecule has 0 radical (unpaired) electrons. The number of fused-ring (bicyclic) bond motifs is 1. The minimum Gasteiger partial charge on any atom is -0.494 e. The van der Waals surface area contributed by atoms with Crippen LogP contribution in [0.25, 0.3) is 11.1 Å². The van der Waals surface area contributed by atoms with Gasteiger partial charge in [0.05, 0.1) is 12.7 Å². The quantitative estimate of drug-likeness (QED) is 0.844. The molecule has 1 saturated heterocycles. The number of rotatable bonds is 5. The molecule has 0 aromatic heterocycles. The second-order valence-corrected chi connectivity index (χ2v) is 7.40. The molecule has 2 aromatic rings. The van der Waals surface area contributed by atoms with Crippen LogP contribution in [0, 0.1) is 11.8 Å². The highest BCUT2D eigenvalue weighted by Gasteiger charge is 2.43. The third-order valence-corrected chi connectivity index (χ3v) is 5.61. The van der Waals surface area contributed by atoms with Gasteiger partial charge in [-0.2, -0.15) is 0 Å². The normalized spacial score (nSPS) is 23.9. The van der Waals surface area contributed by atoms with Crippen molar-refractivity contribution in [3.63, 3.8) is 0 Å². The van der Waals surface area contributed by atoms with Crippen LogP contribution in [0.15, 0.2) is 48.5 Å². The standard InChI is InChI=1S/C22H25NO4/c1-2-26-19-8-6-15(7-9-19)16-4-3-5-20(10-16)27-21-11-17-13-23(22(24)25)14-18(17)12-21/h3-10,17-18,21H,2,11-14H2,1H3,(H,24,25)/t17-,18+,21+. The van der Waals surface area contributed by atoms with Gasteiger partial charge < -0.3 is 19.5 Å². The summed E-state index contributed by atoms with van der Waals surface area (Å²) in [5, 5.41) is 9.14. The molecule has 0 bridgehead atoms. The van der Waals surface area contributed by atoms with Gasteiger partial charge in [0.2, 0.25) is 0 Å². The fraction of sp³-hybridized carbons (Fsp3) is 0.409. The number of hydrogen-bond donors (Lipinski definition) is 1. The Balaban J connectivity index is 1.40. The number of nitrogens with zero attached hydrogens (tertiary/aromatic N) is 1. The Morgan fingerprint density at radius 1 is 1.04 bits per heavy atom. The van der Waals surface area contributed by atoms with Gasteiger partial charge in [0.25, 0.3) is 0 Å². The molecule has 2 fully saturated rings. The Morgan fingerprint density at radius 3 is 2.37 bits per heavy atom. The Bertz CT molecular complexity index is 790. The third-order valence-electron chi connectivity index (χ3n) is 5.61. The lowest BCUT2D eigenvalue weighted by Gasteiger charge is -2.18. The number of carboxylic acid groups (broad SMARTS) is 1. The van der Waals surface area contributed by atoms with E-state index in [1.807, 2.05) is 31.2 Å². The summed E-state index contributed by atoms with van der Waals surface area (Å²) in [6.45, 7) is 3.93. The van der Waals surface area contributed by atoms with E-state index in [0.29, 0.717) is 31.5 Å². The predicted octanol–water partition coefficient (Wildman–Crippen LogP) is 4.52. The number of hydrogen-bond acceptors (Lipinski definition) is 3. The number of amides is 1. The van der Waals surface area contributed by atoms with Crippen molar-refractivity contribution in [3.8, 4) is 22.6 Å². The van der Waals surface area contributed by atoms with Crippen LogP contribution < -0.4 is 9.47 Å². The molecule has 1 aliphatic carbocycles. The van der Waals surface area contributed by atoms with Gasteiger partial charge in [-0.05, 0) is 67.0 Å². The average Bonchev–Trinajstić information content (AvgIpc) is 3.21. The highest BCUT2D eigenvalue weighted by Crippen LogP contribution is 2.40. The van der Waals surface area contributed by atoms with Gasteiger partial charge >= 0.3 is 6.09 Å². The first-order chi connectivity index (χ1) is 13.1. The molecule has 1 N–H and O–H groups in total. The van der Waals surface area contributed by atoms with Crippen LogP contribution in [0.4, 0.5) is 4.79 Å². The van der Waals surface area contributed by atoms with Crippen molar-refractivity contribution in [2.24, 2.45) is 11.8 Å². The molecular formula is C22H25NO4. The van der Waals surface area contributed by atoms with Gasteiger partial charge in [-0.3, -0.25) is 0 Å². The maximum atomic E-state index is 11.1. The van der Waals surface area contributed by atoms with Crippen molar-refractivity contribution in [1.82, 2.24) is 4.90 Å². The SMILES string of the molecule is CCOc1ccc(-c2cccc(O[C@H]3C[C@@H]4CN(C(=O)O)C[C@@H]4C3)c2)cc1. The van der Waals surface area contributed by atoms with Crippen LogP contribution in [0.3, 0.4) is 0 Å². The maximum Gasteiger partial charge on any atom is 0.407 e. The van der Waals surface area contributed by atoms with Crippen LogP contribution in [0.2, 0.25) is 0 Å². The minimum atomic E-state index is -0.801. The van der Waals surface area contributed by atoms with Gasteiger partial charge in [-0.1, -0.05) is 24.3 Å². The van der Waals surface area contributed by atoms with Gasteiger partial charge in [0.1, 0.15) is 11.5 Å². The average molecular weight is 367 g/mol. The van der Waals surface area contributed by atoms with E-state index in [2.05, 4.69) is 24.3 Å². The van der Waals surface area contributed by atoms with Crippen LogP contribution in [-0.4, -0.2) is 41.9 Å². The number of benzene rings is 2. The molecule has 5 nitrogen and oxygen atoms in total. The van der Waals surface area contributed by atoms with E-state index in [1.54, 1.807) is 0 Å².